The van der Waals surface area contributed by atoms with Crippen molar-refractivity contribution in [3.05, 3.63) is 35.6 Å². The summed E-state index contributed by atoms with van der Waals surface area (Å²) in [5, 5.41) is 6.76. The van der Waals surface area contributed by atoms with Crippen LogP contribution in [0.15, 0.2) is 29.3 Å². The molecular formula is C20H32FIN4O. The van der Waals surface area contributed by atoms with Crippen LogP contribution in [-0.4, -0.2) is 62.8 Å². The zero-order chi connectivity index (χ0) is 18.4. The van der Waals surface area contributed by atoms with E-state index in [1.54, 1.807) is 12.1 Å². The molecule has 1 heterocycles. The SMILES string of the molecule is CCNC(=NCC1(c2ccccc2F)CC1)NCC(C)N1CCOCC1.I. The van der Waals surface area contributed by atoms with E-state index in [0.29, 0.717) is 12.6 Å². The summed E-state index contributed by atoms with van der Waals surface area (Å²) in [6.07, 6.45) is 2.00. The van der Waals surface area contributed by atoms with Crippen LogP contribution in [0.4, 0.5) is 4.39 Å². The first kappa shape index (κ1) is 22.4. The lowest BCUT2D eigenvalue weighted by molar-refractivity contribution is 0.0211. The minimum absolute atomic E-state index is 0. The first-order valence-electron chi connectivity index (χ1n) is 9.73. The minimum atomic E-state index is -0.122. The number of morpholine rings is 1. The van der Waals surface area contributed by atoms with Gasteiger partial charge in [0.25, 0.3) is 0 Å². The first-order valence-corrected chi connectivity index (χ1v) is 9.73. The standard InChI is InChI=1S/C20H31FN4O.HI/c1-3-22-19(23-14-16(2)25-10-12-26-13-11-25)24-15-20(8-9-20)17-6-4-5-7-18(17)21;/h4-7,16H,3,8-15H2,1-2H3,(H2,22,23,24);1H. The molecule has 1 atom stereocenters. The fourth-order valence-corrected chi connectivity index (χ4v) is 3.52. The molecule has 2 fully saturated rings. The molecule has 2 aliphatic rings. The van der Waals surface area contributed by atoms with Gasteiger partial charge in [-0.05, 0) is 38.3 Å². The molecule has 5 nitrogen and oxygen atoms in total. The molecule has 7 heteroatoms. The van der Waals surface area contributed by atoms with Crippen LogP contribution in [0.3, 0.4) is 0 Å². The quantitative estimate of drug-likeness (QED) is 0.351. The van der Waals surface area contributed by atoms with Gasteiger partial charge in [0.1, 0.15) is 5.82 Å². The van der Waals surface area contributed by atoms with Crippen molar-refractivity contribution in [2.75, 3.05) is 45.9 Å². The number of ether oxygens (including phenoxy) is 1. The number of rotatable bonds is 7. The smallest absolute Gasteiger partial charge is 0.191 e. The largest absolute Gasteiger partial charge is 0.379 e. The Morgan fingerprint density at radius 1 is 1.26 bits per heavy atom. The van der Waals surface area contributed by atoms with Gasteiger partial charge in [-0.1, -0.05) is 18.2 Å². The third kappa shape index (κ3) is 6.02. The molecule has 27 heavy (non-hydrogen) atoms. The van der Waals surface area contributed by atoms with Crippen LogP contribution in [0.25, 0.3) is 0 Å². The maximum absolute atomic E-state index is 14.2. The second-order valence-electron chi connectivity index (χ2n) is 7.33. The fraction of sp³-hybridized carbons (Fsp3) is 0.650. The molecule has 1 saturated heterocycles. The van der Waals surface area contributed by atoms with E-state index in [4.69, 9.17) is 9.73 Å². The Morgan fingerprint density at radius 3 is 2.59 bits per heavy atom. The molecule has 0 radical (unpaired) electrons. The Morgan fingerprint density at radius 2 is 1.96 bits per heavy atom. The summed E-state index contributed by atoms with van der Waals surface area (Å²) >= 11 is 0. The van der Waals surface area contributed by atoms with Gasteiger partial charge in [0.05, 0.1) is 19.8 Å². The highest BCUT2D eigenvalue weighted by molar-refractivity contribution is 14.0. The lowest BCUT2D eigenvalue weighted by Gasteiger charge is -2.32. The molecule has 0 amide bonds. The minimum Gasteiger partial charge on any atom is -0.379 e. The van der Waals surface area contributed by atoms with Gasteiger partial charge in [-0.3, -0.25) is 9.89 Å². The lowest BCUT2D eigenvalue weighted by Crippen LogP contribution is -2.49. The Kier molecular flexibility index (Phi) is 8.75. The average molecular weight is 490 g/mol. The van der Waals surface area contributed by atoms with Crippen molar-refractivity contribution >= 4 is 29.9 Å². The zero-order valence-corrected chi connectivity index (χ0v) is 18.7. The molecule has 1 aliphatic carbocycles. The van der Waals surface area contributed by atoms with E-state index in [2.05, 4.69) is 29.4 Å². The molecule has 3 rings (SSSR count). The van der Waals surface area contributed by atoms with Gasteiger partial charge in [-0.15, -0.1) is 24.0 Å². The molecule has 1 saturated carbocycles. The second-order valence-corrected chi connectivity index (χ2v) is 7.33. The van der Waals surface area contributed by atoms with Gasteiger partial charge in [0, 0.05) is 37.6 Å². The summed E-state index contributed by atoms with van der Waals surface area (Å²) in [5.74, 6) is 0.703. The first-order chi connectivity index (χ1) is 12.6. The molecule has 0 bridgehead atoms. The lowest BCUT2D eigenvalue weighted by atomic mass is 9.95. The number of halogens is 2. The van der Waals surface area contributed by atoms with E-state index >= 15 is 0 Å². The summed E-state index contributed by atoms with van der Waals surface area (Å²) < 4.78 is 19.6. The average Bonchev–Trinajstić information content (AvgIpc) is 3.46. The normalized spacial score (nSPS) is 20.5. The van der Waals surface area contributed by atoms with E-state index in [9.17, 15) is 4.39 Å². The van der Waals surface area contributed by atoms with Crippen LogP contribution in [0.2, 0.25) is 0 Å². The third-order valence-electron chi connectivity index (χ3n) is 5.42. The van der Waals surface area contributed by atoms with Crippen molar-refractivity contribution in [2.45, 2.75) is 38.1 Å². The highest BCUT2D eigenvalue weighted by Gasteiger charge is 2.45. The van der Waals surface area contributed by atoms with E-state index in [1.807, 2.05) is 12.1 Å². The third-order valence-corrected chi connectivity index (χ3v) is 5.42. The summed E-state index contributed by atoms with van der Waals surface area (Å²) in [6, 6.07) is 7.53. The predicted octanol–water partition coefficient (Wildman–Crippen LogP) is 2.75. The Hall–Kier alpha value is -0.930. The number of nitrogens with one attached hydrogen (secondary N) is 2. The molecule has 2 N–H and O–H groups in total. The molecule has 0 spiro atoms. The van der Waals surface area contributed by atoms with Gasteiger partial charge in [-0.2, -0.15) is 0 Å². The highest BCUT2D eigenvalue weighted by atomic mass is 127. The van der Waals surface area contributed by atoms with Crippen LogP contribution in [-0.2, 0) is 10.2 Å². The van der Waals surface area contributed by atoms with E-state index < -0.39 is 0 Å². The monoisotopic (exact) mass is 490 g/mol. The van der Waals surface area contributed by atoms with E-state index in [1.165, 1.54) is 0 Å². The number of hydrogen-bond acceptors (Lipinski definition) is 3. The van der Waals surface area contributed by atoms with Crippen LogP contribution < -0.4 is 10.6 Å². The fourth-order valence-electron chi connectivity index (χ4n) is 3.52. The molecule has 1 aromatic rings. The Balaban J connectivity index is 0.00000261. The molecule has 1 aromatic carbocycles. The van der Waals surface area contributed by atoms with Crippen LogP contribution in [0.5, 0.6) is 0 Å². The van der Waals surface area contributed by atoms with Crippen molar-refractivity contribution in [1.29, 1.82) is 0 Å². The van der Waals surface area contributed by atoms with E-state index in [-0.39, 0.29) is 35.2 Å². The Bertz CT molecular complexity index is 618. The van der Waals surface area contributed by atoms with Gasteiger partial charge in [0.2, 0.25) is 0 Å². The summed E-state index contributed by atoms with van der Waals surface area (Å²) in [5.41, 5.74) is 0.685. The summed E-state index contributed by atoms with van der Waals surface area (Å²) in [7, 11) is 0. The number of benzene rings is 1. The molecule has 152 valence electrons. The van der Waals surface area contributed by atoms with Gasteiger partial charge in [-0.25, -0.2) is 4.39 Å². The second kappa shape index (κ2) is 10.6. The maximum Gasteiger partial charge on any atom is 0.191 e. The topological polar surface area (TPSA) is 48.9 Å². The maximum atomic E-state index is 14.2. The van der Waals surface area contributed by atoms with E-state index in [0.717, 1.165) is 63.8 Å². The molecule has 1 unspecified atom stereocenters. The van der Waals surface area contributed by atoms with Gasteiger partial charge >= 0.3 is 0 Å². The summed E-state index contributed by atoms with van der Waals surface area (Å²) in [4.78, 5) is 7.20. The van der Waals surface area contributed by atoms with Crippen LogP contribution in [0.1, 0.15) is 32.3 Å². The van der Waals surface area contributed by atoms with Crippen molar-refractivity contribution in [1.82, 2.24) is 15.5 Å². The predicted molar refractivity (Wildman–Crippen MR) is 119 cm³/mol. The van der Waals surface area contributed by atoms with Crippen molar-refractivity contribution < 1.29 is 9.13 Å². The number of guanidine groups is 1. The van der Waals surface area contributed by atoms with Gasteiger partial charge in [0.15, 0.2) is 5.96 Å². The molecule has 1 aliphatic heterocycles. The molecular weight excluding hydrogens is 458 g/mol. The van der Waals surface area contributed by atoms with Crippen molar-refractivity contribution in [3.63, 3.8) is 0 Å². The summed E-state index contributed by atoms with van der Waals surface area (Å²) in [6.45, 7) is 10.1. The van der Waals surface area contributed by atoms with Crippen molar-refractivity contribution in [2.24, 2.45) is 4.99 Å². The number of aliphatic imine (C=N–C) groups is 1. The Labute approximate surface area is 179 Å². The van der Waals surface area contributed by atoms with Crippen LogP contribution in [0, 0.1) is 5.82 Å². The number of hydrogen-bond donors (Lipinski definition) is 2. The number of nitrogens with zero attached hydrogens (tertiary/aromatic N) is 2. The van der Waals surface area contributed by atoms with Crippen LogP contribution >= 0.6 is 24.0 Å². The van der Waals surface area contributed by atoms with Crippen molar-refractivity contribution in [3.8, 4) is 0 Å². The molecule has 0 aromatic heterocycles. The highest BCUT2D eigenvalue weighted by Crippen LogP contribution is 2.49. The zero-order valence-electron chi connectivity index (χ0n) is 16.3. The van der Waals surface area contributed by atoms with Gasteiger partial charge < -0.3 is 15.4 Å².